The molecule has 104 valence electrons. The van der Waals surface area contributed by atoms with Crippen LogP contribution in [0.3, 0.4) is 0 Å². The van der Waals surface area contributed by atoms with Crippen molar-refractivity contribution in [3.8, 4) is 0 Å². The van der Waals surface area contributed by atoms with Gasteiger partial charge in [0.1, 0.15) is 0 Å². The molecule has 3 heteroatoms. The molecule has 0 aliphatic carbocycles. The van der Waals surface area contributed by atoms with E-state index in [1.54, 1.807) is 0 Å². The van der Waals surface area contributed by atoms with Gasteiger partial charge >= 0.3 is 0 Å². The van der Waals surface area contributed by atoms with E-state index in [9.17, 15) is 4.79 Å². The van der Waals surface area contributed by atoms with Crippen LogP contribution in [-0.4, -0.2) is 29.9 Å². The summed E-state index contributed by atoms with van der Waals surface area (Å²) in [7, 11) is 0. The molecule has 0 radical (unpaired) electrons. The Morgan fingerprint density at radius 3 is 2.84 bits per heavy atom. The van der Waals surface area contributed by atoms with Gasteiger partial charge in [0.25, 0.3) is 0 Å². The van der Waals surface area contributed by atoms with E-state index in [-0.39, 0.29) is 11.9 Å². The summed E-state index contributed by atoms with van der Waals surface area (Å²) in [4.78, 5) is 14.5. The highest BCUT2D eigenvalue weighted by Crippen LogP contribution is 2.23. The zero-order valence-electron chi connectivity index (χ0n) is 11.9. The second-order valence-electron chi connectivity index (χ2n) is 5.61. The lowest BCUT2D eigenvalue weighted by Gasteiger charge is -2.39. The molecule has 0 saturated carbocycles. The van der Waals surface area contributed by atoms with Crippen LogP contribution in [0, 0.1) is 12.8 Å². The molecule has 1 saturated heterocycles. The Balaban J connectivity index is 2.08. The molecule has 0 aromatic heterocycles. The minimum atomic E-state index is 0.213. The molecule has 2 N–H and O–H groups in total. The lowest BCUT2D eigenvalue weighted by atomic mass is 9.90. The monoisotopic (exact) mass is 260 g/mol. The molecule has 19 heavy (non-hydrogen) atoms. The second kappa shape index (κ2) is 6.20. The van der Waals surface area contributed by atoms with Gasteiger partial charge in [0.2, 0.25) is 5.91 Å². The average molecular weight is 260 g/mol. The van der Waals surface area contributed by atoms with Crippen LogP contribution < -0.4 is 5.73 Å². The van der Waals surface area contributed by atoms with Gasteiger partial charge in [-0.2, -0.15) is 0 Å². The number of benzene rings is 1. The van der Waals surface area contributed by atoms with E-state index in [0.717, 1.165) is 18.5 Å². The maximum absolute atomic E-state index is 12.5. The van der Waals surface area contributed by atoms with Crippen molar-refractivity contribution in [2.24, 2.45) is 11.7 Å². The molecule has 1 fully saturated rings. The third-order valence-corrected chi connectivity index (χ3v) is 4.28. The first kappa shape index (κ1) is 14.1. The van der Waals surface area contributed by atoms with Gasteiger partial charge in [-0.1, -0.05) is 31.2 Å². The van der Waals surface area contributed by atoms with E-state index < -0.39 is 0 Å². The fraction of sp³-hybridized carbons (Fsp3) is 0.562. The summed E-state index contributed by atoms with van der Waals surface area (Å²) < 4.78 is 0. The van der Waals surface area contributed by atoms with Crippen LogP contribution in [0.5, 0.6) is 0 Å². The lowest BCUT2D eigenvalue weighted by Crippen LogP contribution is -2.51. The number of aryl methyl sites for hydroxylation is 1. The molecule has 3 nitrogen and oxygen atoms in total. The van der Waals surface area contributed by atoms with Gasteiger partial charge in [-0.15, -0.1) is 0 Å². The van der Waals surface area contributed by atoms with Crippen LogP contribution in [0.2, 0.25) is 0 Å². The SMILES string of the molecule is Cc1ccccc1CC(=O)N1CCC[C@H](C)[C@@H]1CN. The number of carbonyl (C=O) groups excluding carboxylic acids is 1. The molecule has 1 heterocycles. The third kappa shape index (κ3) is 3.16. The Bertz CT molecular complexity index is 444. The molecule has 2 atom stereocenters. The first-order chi connectivity index (χ1) is 9.13. The first-order valence-corrected chi connectivity index (χ1v) is 7.17. The van der Waals surface area contributed by atoms with Crippen molar-refractivity contribution in [1.29, 1.82) is 0 Å². The van der Waals surface area contributed by atoms with Crippen LogP contribution in [0.15, 0.2) is 24.3 Å². The molecule has 1 aromatic rings. The summed E-state index contributed by atoms with van der Waals surface area (Å²) in [6.45, 7) is 5.68. The maximum atomic E-state index is 12.5. The average Bonchev–Trinajstić information content (AvgIpc) is 2.41. The van der Waals surface area contributed by atoms with Crippen molar-refractivity contribution >= 4 is 5.91 Å². The quantitative estimate of drug-likeness (QED) is 0.905. The predicted molar refractivity (Wildman–Crippen MR) is 77.8 cm³/mol. The number of rotatable bonds is 3. The van der Waals surface area contributed by atoms with Crippen LogP contribution >= 0.6 is 0 Å². The summed E-state index contributed by atoms with van der Waals surface area (Å²) in [5.74, 6) is 0.732. The number of nitrogens with two attached hydrogens (primary N) is 1. The van der Waals surface area contributed by atoms with Gasteiger partial charge in [0.05, 0.1) is 6.42 Å². The van der Waals surface area contributed by atoms with Crippen molar-refractivity contribution in [2.75, 3.05) is 13.1 Å². The van der Waals surface area contributed by atoms with Gasteiger partial charge in [-0.3, -0.25) is 4.79 Å². The Labute approximate surface area is 115 Å². The van der Waals surface area contributed by atoms with E-state index in [1.807, 2.05) is 23.1 Å². The third-order valence-electron chi connectivity index (χ3n) is 4.28. The minimum Gasteiger partial charge on any atom is -0.338 e. The lowest BCUT2D eigenvalue weighted by molar-refractivity contribution is -0.135. The highest BCUT2D eigenvalue weighted by Gasteiger charge is 2.30. The predicted octanol–water partition coefficient (Wildman–Crippen LogP) is 2.12. The van der Waals surface area contributed by atoms with Crippen molar-refractivity contribution in [1.82, 2.24) is 4.90 Å². The molecule has 1 aliphatic heterocycles. The number of amides is 1. The zero-order chi connectivity index (χ0) is 13.8. The Morgan fingerprint density at radius 2 is 2.16 bits per heavy atom. The Morgan fingerprint density at radius 1 is 1.42 bits per heavy atom. The molecule has 0 unspecified atom stereocenters. The van der Waals surface area contributed by atoms with Crippen LogP contribution in [0.1, 0.15) is 30.9 Å². The molecular weight excluding hydrogens is 236 g/mol. The molecule has 0 bridgehead atoms. The fourth-order valence-electron chi connectivity index (χ4n) is 2.99. The van der Waals surface area contributed by atoms with Gasteiger partial charge in [-0.05, 0) is 36.8 Å². The van der Waals surface area contributed by atoms with E-state index in [1.165, 1.54) is 12.0 Å². The van der Waals surface area contributed by atoms with Crippen molar-refractivity contribution < 1.29 is 4.79 Å². The fourth-order valence-corrected chi connectivity index (χ4v) is 2.99. The highest BCUT2D eigenvalue weighted by molar-refractivity contribution is 5.79. The number of likely N-dealkylation sites (tertiary alicyclic amines) is 1. The second-order valence-corrected chi connectivity index (χ2v) is 5.61. The first-order valence-electron chi connectivity index (χ1n) is 7.17. The summed E-state index contributed by atoms with van der Waals surface area (Å²) in [5, 5.41) is 0. The largest absolute Gasteiger partial charge is 0.338 e. The van der Waals surface area contributed by atoms with Crippen LogP contribution in [-0.2, 0) is 11.2 Å². The minimum absolute atomic E-state index is 0.213. The maximum Gasteiger partial charge on any atom is 0.227 e. The summed E-state index contributed by atoms with van der Waals surface area (Å²) >= 11 is 0. The van der Waals surface area contributed by atoms with Crippen LogP contribution in [0.25, 0.3) is 0 Å². The van der Waals surface area contributed by atoms with Crippen LogP contribution in [0.4, 0.5) is 0 Å². The van der Waals surface area contributed by atoms with Crippen molar-refractivity contribution in [3.05, 3.63) is 35.4 Å². The van der Waals surface area contributed by atoms with Gasteiger partial charge in [0.15, 0.2) is 0 Å². The molecule has 1 amide bonds. The molecule has 0 spiro atoms. The zero-order valence-corrected chi connectivity index (χ0v) is 11.9. The normalized spacial score (nSPS) is 23.4. The summed E-state index contributed by atoms with van der Waals surface area (Å²) in [5.41, 5.74) is 8.16. The van der Waals surface area contributed by atoms with E-state index in [0.29, 0.717) is 18.9 Å². The molecular formula is C16H24N2O. The van der Waals surface area contributed by atoms with Crippen molar-refractivity contribution in [3.63, 3.8) is 0 Å². The molecule has 1 aliphatic rings. The topological polar surface area (TPSA) is 46.3 Å². The Hall–Kier alpha value is -1.35. The van der Waals surface area contributed by atoms with Gasteiger partial charge < -0.3 is 10.6 Å². The number of carbonyl (C=O) groups is 1. The number of hydrogen-bond acceptors (Lipinski definition) is 2. The van der Waals surface area contributed by atoms with E-state index >= 15 is 0 Å². The number of hydrogen-bond donors (Lipinski definition) is 1. The summed E-state index contributed by atoms with van der Waals surface area (Å²) in [6.07, 6.45) is 2.77. The standard InChI is InChI=1S/C16H24N2O/c1-12-6-3-4-8-14(12)10-16(19)18-9-5-7-13(2)15(18)11-17/h3-4,6,8,13,15H,5,7,9-11,17H2,1-2H3/t13-,15-/m0/s1. The van der Waals surface area contributed by atoms with E-state index in [2.05, 4.69) is 19.9 Å². The highest BCUT2D eigenvalue weighted by atomic mass is 16.2. The van der Waals surface area contributed by atoms with E-state index in [4.69, 9.17) is 5.73 Å². The number of piperidine rings is 1. The van der Waals surface area contributed by atoms with Gasteiger partial charge in [0, 0.05) is 19.1 Å². The van der Waals surface area contributed by atoms with Gasteiger partial charge in [-0.25, -0.2) is 0 Å². The Kier molecular flexibility index (Phi) is 4.59. The molecule has 1 aromatic carbocycles. The number of nitrogens with zero attached hydrogens (tertiary/aromatic N) is 1. The van der Waals surface area contributed by atoms with Crippen molar-refractivity contribution in [2.45, 2.75) is 39.2 Å². The molecule has 2 rings (SSSR count). The smallest absolute Gasteiger partial charge is 0.227 e. The summed E-state index contributed by atoms with van der Waals surface area (Å²) in [6, 6.07) is 8.31.